The first-order chi connectivity index (χ1) is 13.5. The summed E-state index contributed by atoms with van der Waals surface area (Å²) in [5.41, 5.74) is 0.564. The molecule has 1 saturated heterocycles. The maximum atomic E-state index is 13.1. The van der Waals surface area contributed by atoms with Crippen LogP contribution in [0.1, 0.15) is 34.3 Å². The first-order valence-electron chi connectivity index (χ1n) is 8.85. The number of benzene rings is 2. The number of hydrogen-bond acceptors (Lipinski definition) is 5. The van der Waals surface area contributed by atoms with E-state index in [1.165, 1.54) is 16.8 Å². The van der Waals surface area contributed by atoms with Gasteiger partial charge in [-0.05, 0) is 29.8 Å². The Morgan fingerprint density at radius 1 is 1.18 bits per heavy atom. The van der Waals surface area contributed by atoms with Crippen LogP contribution >= 0.6 is 0 Å². The number of nitriles is 1. The van der Waals surface area contributed by atoms with E-state index < -0.39 is 11.6 Å². The van der Waals surface area contributed by atoms with Gasteiger partial charge in [-0.1, -0.05) is 24.3 Å². The molecule has 0 radical (unpaired) electrons. The summed E-state index contributed by atoms with van der Waals surface area (Å²) in [5.74, 6) is -1.19. The van der Waals surface area contributed by atoms with Crippen LogP contribution in [0.2, 0.25) is 0 Å². The standard InChI is InChI=1S/C21H17N3O4/c1-23-19(26)16-4-2-3-5-17(16)24-18(25)10-11-21(23,24)20(27)28-13-15-8-6-14(12-22)7-9-15/h2-9H,10-11,13H2,1H3/t21-/m1/s1. The van der Waals surface area contributed by atoms with Crippen LogP contribution in [-0.4, -0.2) is 35.4 Å². The molecule has 2 amide bonds. The Kier molecular flexibility index (Phi) is 4.12. The van der Waals surface area contributed by atoms with Gasteiger partial charge < -0.3 is 9.64 Å². The minimum atomic E-state index is -1.48. The van der Waals surface area contributed by atoms with Crippen molar-refractivity contribution < 1.29 is 19.1 Å². The quantitative estimate of drug-likeness (QED) is 0.767. The third-order valence-corrected chi connectivity index (χ3v) is 5.32. The van der Waals surface area contributed by atoms with Crippen molar-refractivity contribution in [3.63, 3.8) is 0 Å². The van der Waals surface area contributed by atoms with E-state index in [9.17, 15) is 14.4 Å². The highest BCUT2D eigenvalue weighted by Gasteiger charge is 2.60. The average Bonchev–Trinajstić information content (AvgIpc) is 3.09. The number of ether oxygens (including phenoxy) is 1. The van der Waals surface area contributed by atoms with Gasteiger partial charge in [-0.3, -0.25) is 14.5 Å². The fourth-order valence-electron chi connectivity index (χ4n) is 3.83. The lowest BCUT2D eigenvalue weighted by Crippen LogP contribution is -2.67. The Morgan fingerprint density at radius 2 is 1.89 bits per heavy atom. The van der Waals surface area contributed by atoms with Crippen LogP contribution in [0.5, 0.6) is 0 Å². The number of amides is 2. The number of fused-ring (bicyclic) bond motifs is 3. The number of nitrogens with zero attached hydrogens (tertiary/aromatic N) is 3. The zero-order chi connectivity index (χ0) is 19.9. The monoisotopic (exact) mass is 375 g/mol. The third kappa shape index (κ3) is 2.46. The van der Waals surface area contributed by atoms with Gasteiger partial charge in [0.2, 0.25) is 11.6 Å². The van der Waals surface area contributed by atoms with Crippen molar-refractivity contribution in [1.29, 1.82) is 5.26 Å². The topological polar surface area (TPSA) is 90.7 Å². The summed E-state index contributed by atoms with van der Waals surface area (Å²) in [4.78, 5) is 41.3. The van der Waals surface area contributed by atoms with Crippen LogP contribution < -0.4 is 4.90 Å². The molecule has 2 heterocycles. The van der Waals surface area contributed by atoms with E-state index in [0.29, 0.717) is 22.4 Å². The molecule has 28 heavy (non-hydrogen) atoms. The summed E-state index contributed by atoms with van der Waals surface area (Å²) in [6.45, 7) is -0.0159. The number of anilines is 1. The molecule has 0 unspecified atom stereocenters. The Morgan fingerprint density at radius 3 is 2.61 bits per heavy atom. The van der Waals surface area contributed by atoms with Crippen molar-refractivity contribution in [3.05, 3.63) is 65.2 Å². The van der Waals surface area contributed by atoms with Crippen LogP contribution in [0.25, 0.3) is 0 Å². The predicted molar refractivity (Wildman–Crippen MR) is 98.9 cm³/mol. The molecule has 1 atom stereocenters. The zero-order valence-corrected chi connectivity index (χ0v) is 15.2. The van der Waals surface area contributed by atoms with Crippen LogP contribution in [0.3, 0.4) is 0 Å². The lowest BCUT2D eigenvalue weighted by atomic mass is 9.97. The molecule has 140 valence electrons. The van der Waals surface area contributed by atoms with Crippen molar-refractivity contribution in [3.8, 4) is 6.07 Å². The first kappa shape index (κ1) is 17.7. The summed E-state index contributed by atoms with van der Waals surface area (Å²) in [5, 5.41) is 8.87. The van der Waals surface area contributed by atoms with Gasteiger partial charge in [0, 0.05) is 19.9 Å². The molecule has 0 aliphatic carbocycles. The van der Waals surface area contributed by atoms with Crippen molar-refractivity contribution in [1.82, 2.24) is 4.90 Å². The molecule has 7 nitrogen and oxygen atoms in total. The van der Waals surface area contributed by atoms with E-state index in [2.05, 4.69) is 0 Å². The molecule has 1 fully saturated rings. The molecule has 7 heteroatoms. The second-order valence-electron chi connectivity index (χ2n) is 6.81. The minimum absolute atomic E-state index is 0.0159. The van der Waals surface area contributed by atoms with Crippen LogP contribution in [0, 0.1) is 11.3 Å². The van der Waals surface area contributed by atoms with Crippen molar-refractivity contribution >= 4 is 23.5 Å². The second kappa shape index (κ2) is 6.50. The third-order valence-electron chi connectivity index (χ3n) is 5.32. The Labute approximate surface area is 161 Å². The molecule has 0 aromatic heterocycles. The number of carbonyl (C=O) groups is 3. The smallest absolute Gasteiger partial charge is 0.354 e. The van der Waals surface area contributed by atoms with Crippen LogP contribution in [0.15, 0.2) is 48.5 Å². The molecule has 2 aliphatic rings. The highest BCUT2D eigenvalue weighted by Crippen LogP contribution is 2.44. The average molecular weight is 375 g/mol. The van der Waals surface area contributed by atoms with E-state index in [0.717, 1.165) is 0 Å². The minimum Gasteiger partial charge on any atom is -0.458 e. The van der Waals surface area contributed by atoms with E-state index in [4.69, 9.17) is 10.00 Å². The van der Waals surface area contributed by atoms with Crippen molar-refractivity contribution in [2.75, 3.05) is 11.9 Å². The molecule has 4 rings (SSSR count). The van der Waals surface area contributed by atoms with E-state index in [1.807, 2.05) is 6.07 Å². The molecule has 0 saturated carbocycles. The molecule has 0 N–H and O–H groups in total. The van der Waals surface area contributed by atoms with Crippen LogP contribution in [0.4, 0.5) is 5.69 Å². The summed E-state index contributed by atoms with van der Waals surface area (Å²) < 4.78 is 5.52. The van der Waals surface area contributed by atoms with Crippen molar-refractivity contribution in [2.45, 2.75) is 25.1 Å². The normalized spacial score (nSPS) is 20.4. The van der Waals surface area contributed by atoms with Crippen LogP contribution in [-0.2, 0) is 20.9 Å². The Bertz CT molecular complexity index is 1020. The summed E-state index contributed by atoms with van der Waals surface area (Å²) in [7, 11) is 1.52. The van der Waals surface area contributed by atoms with E-state index >= 15 is 0 Å². The first-order valence-corrected chi connectivity index (χ1v) is 8.85. The number of para-hydroxylation sites is 1. The van der Waals surface area contributed by atoms with Crippen molar-refractivity contribution in [2.24, 2.45) is 0 Å². The van der Waals surface area contributed by atoms with Gasteiger partial charge in [-0.2, -0.15) is 5.26 Å². The van der Waals surface area contributed by atoms with Gasteiger partial charge in [-0.25, -0.2) is 4.79 Å². The number of esters is 1. The van der Waals surface area contributed by atoms with Gasteiger partial charge in [-0.15, -0.1) is 0 Å². The summed E-state index contributed by atoms with van der Waals surface area (Å²) >= 11 is 0. The van der Waals surface area contributed by atoms with Gasteiger partial charge in [0.05, 0.1) is 22.9 Å². The number of likely N-dealkylation sites (N-methyl/N-ethyl adjacent to an activating group) is 1. The highest BCUT2D eigenvalue weighted by atomic mass is 16.5. The molecular weight excluding hydrogens is 358 g/mol. The lowest BCUT2D eigenvalue weighted by molar-refractivity contribution is -0.157. The van der Waals surface area contributed by atoms with E-state index in [-0.39, 0.29) is 31.3 Å². The predicted octanol–water partition coefficient (Wildman–Crippen LogP) is 2.21. The van der Waals surface area contributed by atoms with Gasteiger partial charge in [0.1, 0.15) is 6.61 Å². The highest BCUT2D eigenvalue weighted by molar-refractivity contribution is 6.15. The Hall–Kier alpha value is -3.66. The van der Waals surface area contributed by atoms with Gasteiger partial charge in [0.15, 0.2) is 0 Å². The molecule has 0 spiro atoms. The molecule has 2 aliphatic heterocycles. The number of rotatable bonds is 3. The lowest BCUT2D eigenvalue weighted by Gasteiger charge is -2.46. The maximum Gasteiger partial charge on any atom is 0.354 e. The molecular formula is C21H17N3O4. The fourth-order valence-corrected chi connectivity index (χ4v) is 3.83. The molecule has 2 aromatic rings. The fraction of sp³-hybridized carbons (Fsp3) is 0.238. The van der Waals surface area contributed by atoms with Gasteiger partial charge in [0.25, 0.3) is 5.91 Å². The maximum absolute atomic E-state index is 13.1. The summed E-state index contributed by atoms with van der Waals surface area (Å²) in [6, 6.07) is 15.5. The van der Waals surface area contributed by atoms with Gasteiger partial charge >= 0.3 is 5.97 Å². The largest absolute Gasteiger partial charge is 0.458 e. The van der Waals surface area contributed by atoms with E-state index in [1.54, 1.807) is 48.5 Å². The molecule has 0 bridgehead atoms. The molecule has 2 aromatic carbocycles. The Balaban J connectivity index is 1.66. The SMILES string of the molecule is CN1C(=O)c2ccccc2N2C(=O)CC[C@@]12C(=O)OCc1ccc(C#N)cc1. The number of hydrogen-bond donors (Lipinski definition) is 0. The second-order valence-corrected chi connectivity index (χ2v) is 6.81. The summed E-state index contributed by atoms with van der Waals surface area (Å²) in [6.07, 6.45) is 0.326. The zero-order valence-electron chi connectivity index (χ0n) is 15.2. The number of carbonyl (C=O) groups excluding carboxylic acids is 3.